The molecule has 1 aromatic rings. The molecule has 0 fully saturated rings. The topological polar surface area (TPSA) is 80.5 Å². The maximum Gasteiger partial charge on any atom is 0.236 e. The third-order valence-corrected chi connectivity index (χ3v) is 2.47. The zero-order valence-corrected chi connectivity index (χ0v) is 11.7. The molecule has 19 heavy (non-hydrogen) atoms. The van der Waals surface area contributed by atoms with Crippen LogP contribution in [0.2, 0.25) is 0 Å². The Kier molecular flexibility index (Phi) is 6.24. The number of nitrogens with zero attached hydrogens (tertiary/aromatic N) is 2. The molecule has 1 rings (SSSR count). The van der Waals surface area contributed by atoms with Gasteiger partial charge in [0.2, 0.25) is 11.8 Å². The molecule has 3 N–H and O–H groups in total. The van der Waals surface area contributed by atoms with Crippen molar-refractivity contribution in [2.45, 2.75) is 19.5 Å². The predicted molar refractivity (Wildman–Crippen MR) is 73.8 cm³/mol. The lowest BCUT2D eigenvalue weighted by atomic mass is 10.2. The number of likely N-dealkylation sites (N-methyl/N-ethyl adjacent to an activating group) is 1. The van der Waals surface area contributed by atoms with Crippen LogP contribution >= 0.6 is 0 Å². The lowest BCUT2D eigenvalue weighted by Gasteiger charge is -2.11. The summed E-state index contributed by atoms with van der Waals surface area (Å²) < 4.78 is 5.52. The number of rotatable bonds is 7. The van der Waals surface area contributed by atoms with Crippen LogP contribution in [0, 0.1) is 0 Å². The van der Waals surface area contributed by atoms with Crippen LogP contribution in [0.5, 0.6) is 5.88 Å². The molecule has 0 aliphatic carbocycles. The fourth-order valence-electron chi connectivity index (χ4n) is 1.32. The monoisotopic (exact) mass is 266 g/mol. The Labute approximate surface area is 113 Å². The van der Waals surface area contributed by atoms with E-state index in [4.69, 9.17) is 10.5 Å². The van der Waals surface area contributed by atoms with Crippen molar-refractivity contribution < 1.29 is 9.53 Å². The van der Waals surface area contributed by atoms with Crippen molar-refractivity contribution in [1.29, 1.82) is 0 Å². The number of nitrogens with two attached hydrogens (primary N) is 1. The summed E-state index contributed by atoms with van der Waals surface area (Å²) in [6.45, 7) is 3.48. The molecule has 106 valence electrons. The van der Waals surface area contributed by atoms with Crippen LogP contribution in [0.3, 0.4) is 0 Å². The molecule has 0 spiro atoms. The van der Waals surface area contributed by atoms with Crippen molar-refractivity contribution in [3.05, 3.63) is 23.9 Å². The minimum absolute atomic E-state index is 0.174. The summed E-state index contributed by atoms with van der Waals surface area (Å²) in [5, 5.41) is 2.74. The molecule has 0 aromatic carbocycles. The van der Waals surface area contributed by atoms with Gasteiger partial charge >= 0.3 is 0 Å². The Morgan fingerprint density at radius 2 is 2.32 bits per heavy atom. The molecule has 1 amide bonds. The molecule has 0 saturated heterocycles. The number of pyridine rings is 1. The zero-order valence-electron chi connectivity index (χ0n) is 11.7. The van der Waals surface area contributed by atoms with Gasteiger partial charge in [-0.25, -0.2) is 4.98 Å². The summed E-state index contributed by atoms with van der Waals surface area (Å²) in [4.78, 5) is 17.5. The largest absolute Gasteiger partial charge is 0.476 e. The molecule has 1 heterocycles. The minimum Gasteiger partial charge on any atom is -0.476 e. The van der Waals surface area contributed by atoms with Gasteiger partial charge in [-0.1, -0.05) is 0 Å². The van der Waals surface area contributed by atoms with Gasteiger partial charge in [0.05, 0.1) is 6.04 Å². The summed E-state index contributed by atoms with van der Waals surface area (Å²) in [6.07, 6.45) is 1.67. The lowest BCUT2D eigenvalue weighted by Crippen LogP contribution is -2.37. The zero-order chi connectivity index (χ0) is 14.3. The highest BCUT2D eigenvalue weighted by Gasteiger charge is 2.06. The van der Waals surface area contributed by atoms with E-state index in [1.807, 2.05) is 31.1 Å². The Morgan fingerprint density at radius 3 is 2.95 bits per heavy atom. The standard InChI is InChI=1S/C13H22N4O2/c1-10(14)13(18)16-9-11-4-5-15-12(8-11)19-7-6-17(2)3/h4-5,8,10H,6-7,9,14H2,1-3H3,(H,16,18). The summed E-state index contributed by atoms with van der Waals surface area (Å²) in [5.41, 5.74) is 6.40. The van der Waals surface area contributed by atoms with Crippen molar-refractivity contribution in [3.8, 4) is 5.88 Å². The average Bonchev–Trinajstić information content (AvgIpc) is 2.36. The molecule has 1 unspecified atom stereocenters. The van der Waals surface area contributed by atoms with Crippen LogP contribution in [-0.4, -0.2) is 49.1 Å². The SMILES string of the molecule is CC(N)C(=O)NCc1ccnc(OCCN(C)C)c1. The maximum absolute atomic E-state index is 11.4. The Hall–Kier alpha value is -1.66. The molecule has 6 nitrogen and oxygen atoms in total. The maximum atomic E-state index is 11.4. The second-order valence-corrected chi connectivity index (χ2v) is 4.66. The normalized spacial score (nSPS) is 12.3. The molecular formula is C13H22N4O2. The first kappa shape index (κ1) is 15.4. The van der Waals surface area contributed by atoms with E-state index in [1.54, 1.807) is 13.1 Å². The van der Waals surface area contributed by atoms with Crippen LogP contribution in [0.25, 0.3) is 0 Å². The summed E-state index contributed by atoms with van der Waals surface area (Å²) in [6, 6.07) is 3.15. The van der Waals surface area contributed by atoms with Gasteiger partial charge in [0, 0.05) is 25.4 Å². The summed E-state index contributed by atoms with van der Waals surface area (Å²) in [5.74, 6) is 0.390. The average molecular weight is 266 g/mol. The molecule has 0 radical (unpaired) electrons. The smallest absolute Gasteiger partial charge is 0.236 e. The number of ether oxygens (including phenoxy) is 1. The van der Waals surface area contributed by atoms with Crippen LogP contribution < -0.4 is 15.8 Å². The van der Waals surface area contributed by atoms with E-state index < -0.39 is 6.04 Å². The van der Waals surface area contributed by atoms with Gasteiger partial charge in [0.25, 0.3) is 0 Å². The second kappa shape index (κ2) is 7.70. The molecule has 0 aliphatic rings. The van der Waals surface area contributed by atoms with E-state index in [0.717, 1.165) is 12.1 Å². The van der Waals surface area contributed by atoms with Crippen molar-refractivity contribution in [2.75, 3.05) is 27.2 Å². The number of hydrogen-bond donors (Lipinski definition) is 2. The van der Waals surface area contributed by atoms with E-state index in [0.29, 0.717) is 19.0 Å². The first-order chi connectivity index (χ1) is 8.99. The van der Waals surface area contributed by atoms with Crippen molar-refractivity contribution in [1.82, 2.24) is 15.2 Å². The third-order valence-electron chi connectivity index (χ3n) is 2.47. The van der Waals surface area contributed by atoms with E-state index in [1.165, 1.54) is 0 Å². The lowest BCUT2D eigenvalue weighted by molar-refractivity contribution is -0.122. The van der Waals surface area contributed by atoms with Crippen molar-refractivity contribution in [3.63, 3.8) is 0 Å². The van der Waals surface area contributed by atoms with Crippen LogP contribution in [-0.2, 0) is 11.3 Å². The van der Waals surface area contributed by atoms with Gasteiger partial charge in [-0.05, 0) is 32.6 Å². The van der Waals surface area contributed by atoms with Crippen LogP contribution in [0.1, 0.15) is 12.5 Å². The molecule has 0 saturated carbocycles. The Bertz CT molecular complexity index is 407. The van der Waals surface area contributed by atoms with E-state index >= 15 is 0 Å². The quantitative estimate of drug-likeness (QED) is 0.725. The fraction of sp³-hybridized carbons (Fsp3) is 0.538. The molecule has 1 atom stereocenters. The molecule has 1 aromatic heterocycles. The molecular weight excluding hydrogens is 244 g/mol. The summed E-state index contributed by atoms with van der Waals surface area (Å²) >= 11 is 0. The Morgan fingerprint density at radius 1 is 1.58 bits per heavy atom. The highest BCUT2D eigenvalue weighted by Crippen LogP contribution is 2.09. The third kappa shape index (κ3) is 6.17. The highest BCUT2D eigenvalue weighted by molar-refractivity contribution is 5.80. The van der Waals surface area contributed by atoms with E-state index in [-0.39, 0.29) is 5.91 Å². The van der Waals surface area contributed by atoms with Crippen LogP contribution in [0.4, 0.5) is 0 Å². The second-order valence-electron chi connectivity index (χ2n) is 4.66. The fourth-order valence-corrected chi connectivity index (χ4v) is 1.32. The number of carbonyl (C=O) groups excluding carboxylic acids is 1. The van der Waals surface area contributed by atoms with E-state index in [9.17, 15) is 4.79 Å². The van der Waals surface area contributed by atoms with Gasteiger partial charge in [-0.2, -0.15) is 0 Å². The predicted octanol–water partition coefficient (Wildman–Crippen LogP) is -0.0146. The minimum atomic E-state index is -0.502. The van der Waals surface area contributed by atoms with Crippen LogP contribution in [0.15, 0.2) is 18.3 Å². The van der Waals surface area contributed by atoms with Gasteiger partial charge in [-0.15, -0.1) is 0 Å². The van der Waals surface area contributed by atoms with Gasteiger partial charge in [0.1, 0.15) is 6.61 Å². The number of hydrogen-bond acceptors (Lipinski definition) is 5. The van der Waals surface area contributed by atoms with E-state index in [2.05, 4.69) is 10.3 Å². The Balaban J connectivity index is 2.45. The number of aromatic nitrogens is 1. The molecule has 0 aliphatic heterocycles. The number of carbonyl (C=O) groups is 1. The molecule has 0 bridgehead atoms. The first-order valence-corrected chi connectivity index (χ1v) is 6.25. The molecule has 6 heteroatoms. The van der Waals surface area contributed by atoms with Crippen molar-refractivity contribution >= 4 is 5.91 Å². The number of amides is 1. The summed E-state index contributed by atoms with van der Waals surface area (Å²) in [7, 11) is 3.97. The number of nitrogens with one attached hydrogen (secondary N) is 1. The first-order valence-electron chi connectivity index (χ1n) is 6.25. The highest BCUT2D eigenvalue weighted by atomic mass is 16.5. The van der Waals surface area contributed by atoms with Gasteiger partial charge in [0.15, 0.2) is 0 Å². The van der Waals surface area contributed by atoms with Crippen molar-refractivity contribution in [2.24, 2.45) is 5.73 Å². The van der Waals surface area contributed by atoms with Gasteiger partial charge < -0.3 is 20.7 Å². The van der Waals surface area contributed by atoms with Gasteiger partial charge in [-0.3, -0.25) is 4.79 Å².